The molecule has 0 aliphatic carbocycles. The van der Waals surface area contributed by atoms with E-state index < -0.39 is 30.0 Å². The van der Waals surface area contributed by atoms with Gasteiger partial charge in [0.05, 0.1) is 6.04 Å². The molecule has 1 aliphatic heterocycles. The number of ether oxygens (including phenoxy) is 1. The lowest BCUT2D eigenvalue weighted by Gasteiger charge is -2.40. The van der Waals surface area contributed by atoms with Crippen LogP contribution in [-0.4, -0.2) is 59.2 Å². The number of halogens is 3. The highest BCUT2D eigenvalue weighted by molar-refractivity contribution is 5.68. The molecule has 3 atom stereocenters. The van der Waals surface area contributed by atoms with Gasteiger partial charge in [0.2, 0.25) is 0 Å². The van der Waals surface area contributed by atoms with Gasteiger partial charge in [0.25, 0.3) is 0 Å². The Balaban J connectivity index is 2.74. The zero-order valence-electron chi connectivity index (χ0n) is 12.0. The molecule has 20 heavy (non-hydrogen) atoms. The lowest BCUT2D eigenvalue weighted by molar-refractivity contribution is -0.215. The molecule has 5 nitrogen and oxygen atoms in total. The molecule has 1 fully saturated rings. The van der Waals surface area contributed by atoms with E-state index in [9.17, 15) is 23.1 Å². The second-order valence-electron chi connectivity index (χ2n) is 5.98. The number of alkyl halides is 3. The van der Waals surface area contributed by atoms with Crippen LogP contribution < -0.4 is 5.32 Å². The Labute approximate surface area is 116 Å². The van der Waals surface area contributed by atoms with Gasteiger partial charge >= 0.3 is 12.3 Å². The summed E-state index contributed by atoms with van der Waals surface area (Å²) in [5, 5.41) is 11.9. The minimum Gasteiger partial charge on any atom is -0.444 e. The Kier molecular flexibility index (Phi) is 4.91. The second-order valence-corrected chi connectivity index (χ2v) is 5.98. The molecule has 0 radical (unpaired) electrons. The van der Waals surface area contributed by atoms with Gasteiger partial charge in [-0.2, -0.15) is 13.2 Å². The minimum absolute atomic E-state index is 0.164. The predicted molar refractivity (Wildman–Crippen MR) is 66.3 cm³/mol. The predicted octanol–water partition coefficient (Wildman–Crippen LogP) is 1.51. The van der Waals surface area contributed by atoms with Crippen molar-refractivity contribution in [3.63, 3.8) is 0 Å². The van der Waals surface area contributed by atoms with Gasteiger partial charge in [0, 0.05) is 19.1 Å². The van der Waals surface area contributed by atoms with E-state index in [1.165, 1.54) is 4.90 Å². The Morgan fingerprint density at radius 3 is 2.40 bits per heavy atom. The van der Waals surface area contributed by atoms with E-state index >= 15 is 0 Å². The van der Waals surface area contributed by atoms with Crippen LogP contribution in [0.5, 0.6) is 0 Å². The normalized spacial score (nSPS) is 26.3. The summed E-state index contributed by atoms with van der Waals surface area (Å²) in [6, 6.07) is -1.56. The third-order valence-electron chi connectivity index (χ3n) is 2.95. The first kappa shape index (κ1) is 17.0. The van der Waals surface area contributed by atoms with Gasteiger partial charge < -0.3 is 20.1 Å². The van der Waals surface area contributed by atoms with Crippen LogP contribution in [0.4, 0.5) is 18.0 Å². The Bertz CT molecular complexity index is 355. The molecule has 0 saturated carbocycles. The first-order valence-electron chi connectivity index (χ1n) is 6.39. The van der Waals surface area contributed by atoms with Crippen LogP contribution in [-0.2, 0) is 4.74 Å². The van der Waals surface area contributed by atoms with Crippen molar-refractivity contribution in [1.29, 1.82) is 0 Å². The number of aliphatic hydroxyl groups excluding tert-OH is 1. The summed E-state index contributed by atoms with van der Waals surface area (Å²) in [4.78, 5) is 13.2. The maximum Gasteiger partial charge on any atom is 0.415 e. The molecule has 3 unspecified atom stereocenters. The van der Waals surface area contributed by atoms with Gasteiger partial charge in [0.1, 0.15) is 5.60 Å². The monoisotopic (exact) mass is 298 g/mol. The van der Waals surface area contributed by atoms with Crippen molar-refractivity contribution in [2.45, 2.75) is 57.7 Å². The third-order valence-corrected chi connectivity index (χ3v) is 2.95. The number of nitrogens with one attached hydrogen (secondary N) is 1. The minimum atomic E-state index is -4.72. The fraction of sp³-hybridized carbons (Fsp3) is 0.917. The van der Waals surface area contributed by atoms with Crippen LogP contribution in [0.2, 0.25) is 0 Å². The Hall–Kier alpha value is -1.02. The van der Waals surface area contributed by atoms with Crippen molar-refractivity contribution in [1.82, 2.24) is 10.2 Å². The molecule has 118 valence electrons. The van der Waals surface area contributed by atoms with E-state index in [2.05, 4.69) is 5.32 Å². The summed E-state index contributed by atoms with van der Waals surface area (Å²) in [5.41, 5.74) is -0.722. The molecule has 0 bridgehead atoms. The van der Waals surface area contributed by atoms with Crippen LogP contribution in [0.25, 0.3) is 0 Å². The molecule has 1 rings (SSSR count). The summed E-state index contributed by atoms with van der Waals surface area (Å²) in [7, 11) is 0. The van der Waals surface area contributed by atoms with Crippen LogP contribution in [0.1, 0.15) is 27.7 Å². The number of piperazine rings is 1. The largest absolute Gasteiger partial charge is 0.444 e. The maximum absolute atomic E-state index is 12.5. The first-order valence-corrected chi connectivity index (χ1v) is 6.39. The number of rotatable bonds is 1. The SMILES string of the molecule is CC1CNC(C(O)C(F)(F)F)CN1C(=O)OC(C)(C)C. The van der Waals surface area contributed by atoms with Crippen molar-refractivity contribution >= 4 is 6.09 Å². The molecular formula is C12H21F3N2O3. The summed E-state index contributed by atoms with van der Waals surface area (Å²) >= 11 is 0. The number of carbonyl (C=O) groups is 1. The first-order chi connectivity index (χ1) is 8.92. The number of aliphatic hydroxyl groups is 1. The quantitative estimate of drug-likeness (QED) is 0.770. The van der Waals surface area contributed by atoms with Crippen molar-refractivity contribution in [3.05, 3.63) is 0 Å². The van der Waals surface area contributed by atoms with E-state index in [0.29, 0.717) is 0 Å². The number of carbonyl (C=O) groups excluding carboxylic acids is 1. The van der Waals surface area contributed by atoms with Gasteiger partial charge in [-0.25, -0.2) is 4.79 Å². The van der Waals surface area contributed by atoms with Crippen LogP contribution in [0, 0.1) is 0 Å². The Morgan fingerprint density at radius 1 is 1.40 bits per heavy atom. The lowest BCUT2D eigenvalue weighted by atomic mass is 10.1. The van der Waals surface area contributed by atoms with Crippen molar-refractivity contribution < 1.29 is 27.8 Å². The van der Waals surface area contributed by atoms with Gasteiger partial charge in [-0.05, 0) is 27.7 Å². The fourth-order valence-electron chi connectivity index (χ4n) is 1.90. The van der Waals surface area contributed by atoms with Gasteiger partial charge in [0.15, 0.2) is 6.10 Å². The summed E-state index contributed by atoms with van der Waals surface area (Å²) < 4.78 is 42.7. The molecule has 1 amide bonds. The highest BCUT2D eigenvalue weighted by Crippen LogP contribution is 2.25. The molecule has 1 saturated heterocycles. The molecule has 1 aliphatic rings. The van der Waals surface area contributed by atoms with Crippen molar-refractivity contribution in [2.24, 2.45) is 0 Å². The van der Waals surface area contributed by atoms with Crippen molar-refractivity contribution in [2.75, 3.05) is 13.1 Å². The molecule has 1 heterocycles. The van der Waals surface area contributed by atoms with Crippen LogP contribution >= 0.6 is 0 Å². The third kappa shape index (κ3) is 4.52. The van der Waals surface area contributed by atoms with Crippen molar-refractivity contribution in [3.8, 4) is 0 Å². The van der Waals surface area contributed by atoms with E-state index in [1.807, 2.05) is 0 Å². The zero-order chi connectivity index (χ0) is 15.7. The number of hydrogen-bond donors (Lipinski definition) is 2. The highest BCUT2D eigenvalue weighted by Gasteiger charge is 2.46. The number of nitrogens with zero attached hydrogens (tertiary/aromatic N) is 1. The lowest BCUT2D eigenvalue weighted by Crippen LogP contribution is -2.63. The molecule has 0 aromatic rings. The van der Waals surface area contributed by atoms with E-state index in [1.54, 1.807) is 27.7 Å². The highest BCUT2D eigenvalue weighted by atomic mass is 19.4. The molecule has 0 aromatic carbocycles. The second kappa shape index (κ2) is 5.77. The molecule has 8 heteroatoms. The van der Waals surface area contributed by atoms with Gasteiger partial charge in [-0.15, -0.1) is 0 Å². The summed E-state index contributed by atoms with van der Waals surface area (Å²) in [6.07, 6.45) is -7.91. The molecule has 2 N–H and O–H groups in total. The van der Waals surface area contributed by atoms with E-state index in [-0.39, 0.29) is 19.1 Å². The summed E-state index contributed by atoms with van der Waals surface area (Å²) in [5.74, 6) is 0. The number of hydrogen-bond acceptors (Lipinski definition) is 4. The standard InChI is InChI=1S/C12H21F3N2O3/c1-7-5-16-8(9(18)12(13,14)15)6-17(7)10(19)20-11(2,3)4/h7-9,16,18H,5-6H2,1-4H3. The molecular weight excluding hydrogens is 277 g/mol. The molecule has 0 spiro atoms. The Morgan fingerprint density at radius 2 is 1.95 bits per heavy atom. The maximum atomic E-state index is 12.5. The average Bonchev–Trinajstić information content (AvgIpc) is 2.25. The smallest absolute Gasteiger partial charge is 0.415 e. The number of amides is 1. The fourth-order valence-corrected chi connectivity index (χ4v) is 1.90. The van der Waals surface area contributed by atoms with Gasteiger partial charge in [-0.3, -0.25) is 0 Å². The topological polar surface area (TPSA) is 61.8 Å². The zero-order valence-corrected chi connectivity index (χ0v) is 12.0. The van der Waals surface area contributed by atoms with E-state index in [4.69, 9.17) is 4.74 Å². The van der Waals surface area contributed by atoms with Gasteiger partial charge in [-0.1, -0.05) is 0 Å². The average molecular weight is 298 g/mol. The van der Waals surface area contributed by atoms with Crippen LogP contribution in [0.3, 0.4) is 0 Å². The molecule has 0 aromatic heterocycles. The van der Waals surface area contributed by atoms with E-state index in [0.717, 1.165) is 0 Å². The summed E-state index contributed by atoms with van der Waals surface area (Å²) in [6.45, 7) is 6.65. The van der Waals surface area contributed by atoms with Crippen LogP contribution in [0.15, 0.2) is 0 Å².